The van der Waals surface area contributed by atoms with Gasteiger partial charge in [-0.25, -0.2) is 9.07 Å². The second-order valence-corrected chi connectivity index (χ2v) is 9.34. The molecule has 1 unspecified atom stereocenters. The smallest absolute Gasteiger partial charge is 0.277 e. The summed E-state index contributed by atoms with van der Waals surface area (Å²) >= 11 is 10.3. The van der Waals surface area contributed by atoms with E-state index in [-0.39, 0.29) is 40.8 Å². The maximum absolute atomic E-state index is 14.2. The summed E-state index contributed by atoms with van der Waals surface area (Å²) in [6.07, 6.45) is 2.10. The predicted molar refractivity (Wildman–Crippen MR) is 118 cm³/mol. The highest BCUT2D eigenvalue weighted by atomic mass is 35.5. The van der Waals surface area contributed by atoms with Crippen LogP contribution in [0.5, 0.6) is 5.75 Å². The molecule has 2 amide bonds. The van der Waals surface area contributed by atoms with Gasteiger partial charge < -0.3 is 15.3 Å². The van der Waals surface area contributed by atoms with Crippen LogP contribution >= 0.6 is 24.2 Å². The number of benzene rings is 1. The fraction of sp³-hybridized carbons (Fsp3) is 0.381. The maximum atomic E-state index is 14.2. The molecule has 3 aliphatic rings. The molecule has 32 heavy (non-hydrogen) atoms. The fourth-order valence-electron chi connectivity index (χ4n) is 4.28. The lowest BCUT2D eigenvalue weighted by Crippen LogP contribution is -2.53. The Hall–Kier alpha value is -2.72. The van der Waals surface area contributed by atoms with Crippen LogP contribution in [0.3, 0.4) is 0 Å². The normalized spacial score (nSPS) is 19.3. The second-order valence-electron chi connectivity index (χ2n) is 8.31. The number of amides is 2. The third-order valence-corrected chi connectivity index (χ3v) is 6.74. The van der Waals surface area contributed by atoms with Crippen molar-refractivity contribution in [2.24, 2.45) is 5.92 Å². The molecule has 0 saturated heterocycles. The topological polar surface area (TPSA) is 94.9 Å². The van der Waals surface area contributed by atoms with E-state index in [2.05, 4.69) is 17.9 Å². The Morgan fingerprint density at radius 3 is 2.78 bits per heavy atom. The lowest BCUT2D eigenvalue weighted by Gasteiger charge is -2.37. The van der Waals surface area contributed by atoms with E-state index in [9.17, 15) is 23.9 Å². The van der Waals surface area contributed by atoms with E-state index in [1.165, 1.54) is 16.8 Å². The summed E-state index contributed by atoms with van der Waals surface area (Å²) in [6.45, 7) is 0.991. The number of halogens is 2. The van der Waals surface area contributed by atoms with Crippen LogP contribution in [0, 0.1) is 11.7 Å². The Balaban J connectivity index is 1.52. The van der Waals surface area contributed by atoms with Crippen molar-refractivity contribution in [2.75, 3.05) is 24.8 Å². The molecule has 2 aliphatic heterocycles. The Kier molecular flexibility index (Phi) is 5.09. The van der Waals surface area contributed by atoms with E-state index in [0.717, 1.165) is 12.8 Å². The SMILES string of the molecule is O=C(NCc1cccc(Cl)c1F)c1c2n3c(c(O)c1=O)C(=O)N(CC1CC1)CN3CC2S. The first-order chi connectivity index (χ1) is 15.3. The van der Waals surface area contributed by atoms with Gasteiger partial charge in [0.15, 0.2) is 11.4 Å². The molecule has 0 bridgehead atoms. The molecule has 1 atom stereocenters. The number of pyridine rings is 1. The van der Waals surface area contributed by atoms with Gasteiger partial charge in [0.2, 0.25) is 5.43 Å². The zero-order valence-electron chi connectivity index (χ0n) is 16.8. The monoisotopic (exact) mass is 478 g/mol. The number of nitrogens with zero attached hydrogens (tertiary/aromatic N) is 3. The quantitative estimate of drug-likeness (QED) is 0.572. The number of hydrogen-bond donors (Lipinski definition) is 3. The third-order valence-electron chi connectivity index (χ3n) is 6.04. The van der Waals surface area contributed by atoms with Crippen molar-refractivity contribution in [1.82, 2.24) is 14.9 Å². The number of rotatable bonds is 5. The lowest BCUT2D eigenvalue weighted by atomic mass is 10.1. The summed E-state index contributed by atoms with van der Waals surface area (Å²) < 4.78 is 15.6. The summed E-state index contributed by atoms with van der Waals surface area (Å²) in [6, 6.07) is 4.40. The van der Waals surface area contributed by atoms with E-state index >= 15 is 0 Å². The van der Waals surface area contributed by atoms with Gasteiger partial charge in [-0.15, -0.1) is 0 Å². The highest BCUT2D eigenvalue weighted by Gasteiger charge is 2.44. The Labute approximate surface area is 192 Å². The van der Waals surface area contributed by atoms with E-state index in [1.807, 2.05) is 0 Å². The molecule has 1 fully saturated rings. The molecule has 0 radical (unpaired) electrons. The van der Waals surface area contributed by atoms with Crippen molar-refractivity contribution in [3.63, 3.8) is 0 Å². The van der Waals surface area contributed by atoms with Crippen LogP contribution in [0.2, 0.25) is 5.02 Å². The minimum absolute atomic E-state index is 0.0813. The van der Waals surface area contributed by atoms with Gasteiger partial charge in [-0.1, -0.05) is 23.7 Å². The van der Waals surface area contributed by atoms with Crippen LogP contribution in [0.1, 0.15) is 50.2 Å². The standard InChI is InChI=1S/C21H20ClFN4O4S/c22-12-3-1-2-11(15(12)23)6-24-20(30)14-16-13(32)8-26-9-25(7-10-4-5-10)21(31)17(27(16)26)19(29)18(14)28/h1-3,10,13,29,32H,4-9H2,(H,24,30). The predicted octanol–water partition coefficient (Wildman–Crippen LogP) is 2.02. The number of carbonyl (C=O) groups excluding carboxylic acids is 2. The molecule has 1 saturated carbocycles. The van der Waals surface area contributed by atoms with Crippen LogP contribution in [-0.2, 0) is 6.54 Å². The summed E-state index contributed by atoms with van der Waals surface area (Å²) in [4.78, 5) is 40.6. The summed E-state index contributed by atoms with van der Waals surface area (Å²) in [5, 5.41) is 14.3. The molecule has 1 aromatic heterocycles. The van der Waals surface area contributed by atoms with Crippen LogP contribution in [-0.4, -0.2) is 46.3 Å². The van der Waals surface area contributed by atoms with E-state index in [4.69, 9.17) is 11.6 Å². The molecule has 2 N–H and O–H groups in total. The molecule has 0 spiro atoms. The molecule has 5 rings (SSSR count). The second kappa shape index (κ2) is 7.70. The minimum Gasteiger partial charge on any atom is -0.502 e. The average Bonchev–Trinajstić information content (AvgIpc) is 3.52. The zero-order chi connectivity index (χ0) is 22.7. The van der Waals surface area contributed by atoms with Crippen molar-refractivity contribution < 1.29 is 19.1 Å². The average molecular weight is 479 g/mol. The number of nitrogens with one attached hydrogen (secondary N) is 1. The van der Waals surface area contributed by atoms with Crippen molar-refractivity contribution in [1.29, 1.82) is 0 Å². The first kappa shape index (κ1) is 21.1. The van der Waals surface area contributed by atoms with Crippen LogP contribution in [0.4, 0.5) is 4.39 Å². The van der Waals surface area contributed by atoms with Gasteiger partial charge in [0, 0.05) is 18.7 Å². The number of carbonyl (C=O) groups is 2. The van der Waals surface area contributed by atoms with E-state index in [1.54, 1.807) is 16.0 Å². The third kappa shape index (κ3) is 3.32. The van der Waals surface area contributed by atoms with Gasteiger partial charge in [0.25, 0.3) is 11.8 Å². The van der Waals surface area contributed by atoms with Crippen molar-refractivity contribution in [2.45, 2.75) is 24.6 Å². The zero-order valence-corrected chi connectivity index (χ0v) is 18.5. The summed E-state index contributed by atoms with van der Waals surface area (Å²) in [7, 11) is 0. The molecule has 8 nitrogen and oxygen atoms in total. The number of aromatic nitrogens is 1. The Bertz CT molecular complexity index is 1220. The highest BCUT2D eigenvalue weighted by Crippen LogP contribution is 2.37. The highest BCUT2D eigenvalue weighted by molar-refractivity contribution is 7.80. The molecule has 2 aromatic rings. The van der Waals surface area contributed by atoms with Crippen LogP contribution in [0.25, 0.3) is 0 Å². The van der Waals surface area contributed by atoms with Gasteiger partial charge in [0.05, 0.1) is 22.5 Å². The van der Waals surface area contributed by atoms with Crippen molar-refractivity contribution in [3.8, 4) is 5.75 Å². The summed E-state index contributed by atoms with van der Waals surface area (Å²) in [5.41, 5.74) is -1.00. The summed E-state index contributed by atoms with van der Waals surface area (Å²) in [5.74, 6) is -2.23. The molecular formula is C21H20ClFN4O4S. The molecule has 3 heterocycles. The van der Waals surface area contributed by atoms with Gasteiger partial charge in [0.1, 0.15) is 18.0 Å². The number of thiol groups is 1. The maximum Gasteiger partial charge on any atom is 0.277 e. The van der Waals surface area contributed by atoms with Crippen LogP contribution in [0.15, 0.2) is 23.0 Å². The molecule has 1 aliphatic carbocycles. The first-order valence-electron chi connectivity index (χ1n) is 10.2. The fourth-order valence-corrected chi connectivity index (χ4v) is 4.90. The number of aromatic hydroxyl groups is 1. The van der Waals surface area contributed by atoms with Gasteiger partial charge in [-0.05, 0) is 24.8 Å². The van der Waals surface area contributed by atoms with Crippen LogP contribution < -0.4 is 15.8 Å². The Morgan fingerprint density at radius 1 is 1.31 bits per heavy atom. The molecule has 1 aromatic carbocycles. The van der Waals surface area contributed by atoms with Gasteiger partial charge in [-0.3, -0.25) is 19.4 Å². The Morgan fingerprint density at radius 2 is 2.06 bits per heavy atom. The van der Waals surface area contributed by atoms with Crippen molar-refractivity contribution in [3.05, 3.63) is 61.8 Å². The van der Waals surface area contributed by atoms with Gasteiger partial charge in [-0.2, -0.15) is 12.6 Å². The van der Waals surface area contributed by atoms with Crippen molar-refractivity contribution >= 4 is 36.0 Å². The molecule has 11 heteroatoms. The molecule has 168 valence electrons. The largest absolute Gasteiger partial charge is 0.502 e. The lowest BCUT2D eigenvalue weighted by molar-refractivity contribution is 0.0683. The number of hydrogen-bond acceptors (Lipinski definition) is 6. The molecular weight excluding hydrogens is 459 g/mol. The van der Waals surface area contributed by atoms with E-state index < -0.39 is 34.1 Å². The van der Waals surface area contributed by atoms with Gasteiger partial charge >= 0.3 is 0 Å². The van der Waals surface area contributed by atoms with E-state index in [0.29, 0.717) is 19.0 Å². The minimum atomic E-state index is -0.946. The first-order valence-corrected chi connectivity index (χ1v) is 11.1.